The van der Waals surface area contributed by atoms with E-state index in [0.717, 1.165) is 11.8 Å². The van der Waals surface area contributed by atoms with Crippen molar-refractivity contribution in [1.29, 1.82) is 0 Å². The normalized spacial score (nSPS) is 8.31. The van der Waals surface area contributed by atoms with Crippen LogP contribution in [0.4, 0.5) is 0 Å². The van der Waals surface area contributed by atoms with E-state index in [1.54, 1.807) is 18.2 Å². The third kappa shape index (κ3) is 5.17. The fourth-order valence-corrected chi connectivity index (χ4v) is 0.831. The minimum absolute atomic E-state index is 0.542. The Kier molecular flexibility index (Phi) is 5.84. The van der Waals surface area contributed by atoms with E-state index < -0.39 is 7.12 Å². The van der Waals surface area contributed by atoms with E-state index in [9.17, 15) is 0 Å². The Balaban J connectivity index is 0.000000424. The molecule has 4 heteroatoms. The maximum atomic E-state index is 8.81. The highest BCUT2D eigenvalue weighted by Gasteiger charge is 2.08. The number of carbonyl (C=O) groups is 1. The van der Waals surface area contributed by atoms with Gasteiger partial charge in [-0.05, 0) is 19.3 Å². The molecule has 70 valence electrons. The van der Waals surface area contributed by atoms with Gasteiger partial charge in [0, 0.05) is 0 Å². The average molecular weight is 180 g/mol. The monoisotopic (exact) mass is 180 g/mol. The van der Waals surface area contributed by atoms with Crippen molar-refractivity contribution in [3.63, 3.8) is 0 Å². The minimum atomic E-state index is -1.35. The summed E-state index contributed by atoms with van der Waals surface area (Å²) in [6, 6.07) is 7.12. The van der Waals surface area contributed by atoms with Crippen LogP contribution < -0.4 is 5.46 Å². The summed E-state index contributed by atoms with van der Waals surface area (Å²) in [6.45, 7) is 3.35. The number of aryl methyl sites for hydroxylation is 1. The van der Waals surface area contributed by atoms with Crippen molar-refractivity contribution in [2.75, 3.05) is 0 Å². The largest absolute Gasteiger partial charge is 0.488 e. The van der Waals surface area contributed by atoms with Gasteiger partial charge in [-0.25, -0.2) is 0 Å². The van der Waals surface area contributed by atoms with Crippen molar-refractivity contribution in [1.82, 2.24) is 0 Å². The van der Waals surface area contributed by atoms with Crippen LogP contribution in [0.3, 0.4) is 0 Å². The molecular weight excluding hydrogens is 167 g/mol. The average Bonchev–Trinajstić information content (AvgIpc) is 2.05. The van der Waals surface area contributed by atoms with Crippen LogP contribution in [-0.2, 0) is 4.79 Å². The zero-order chi connectivity index (χ0) is 10.3. The summed E-state index contributed by atoms with van der Waals surface area (Å²) in [5.74, 6) is 0. The highest BCUT2D eigenvalue weighted by Crippen LogP contribution is 1.92. The topological polar surface area (TPSA) is 57.5 Å². The second-order valence-electron chi connectivity index (χ2n) is 2.52. The molecule has 0 aliphatic carbocycles. The molecule has 0 aliphatic rings. The van der Waals surface area contributed by atoms with Gasteiger partial charge in [0.05, 0.1) is 0 Å². The standard InChI is InChI=1S/C7H9BO2.C2H4O/c1-6-3-2-4-7(5-6)8(9)10;1-2-3/h2-5,9-10H,1H3;2H,1H3. The van der Waals surface area contributed by atoms with Crippen LogP contribution in [0, 0.1) is 6.92 Å². The van der Waals surface area contributed by atoms with E-state index in [4.69, 9.17) is 14.8 Å². The molecule has 0 atom stereocenters. The third-order valence-electron chi connectivity index (χ3n) is 1.34. The van der Waals surface area contributed by atoms with Gasteiger partial charge < -0.3 is 14.8 Å². The summed E-state index contributed by atoms with van der Waals surface area (Å²) in [4.78, 5) is 8.81. The van der Waals surface area contributed by atoms with Gasteiger partial charge in [0.15, 0.2) is 0 Å². The second-order valence-corrected chi connectivity index (χ2v) is 2.52. The lowest BCUT2D eigenvalue weighted by molar-refractivity contribution is -0.106. The summed E-state index contributed by atoms with van der Waals surface area (Å²) in [7, 11) is -1.35. The minimum Gasteiger partial charge on any atom is -0.423 e. The number of benzene rings is 1. The van der Waals surface area contributed by atoms with Crippen LogP contribution in [0.2, 0.25) is 0 Å². The summed E-state index contributed by atoms with van der Waals surface area (Å²) < 4.78 is 0. The molecule has 0 radical (unpaired) electrons. The van der Waals surface area contributed by atoms with Gasteiger partial charge in [-0.3, -0.25) is 0 Å². The predicted molar refractivity (Wildman–Crippen MR) is 52.7 cm³/mol. The zero-order valence-electron chi connectivity index (χ0n) is 7.77. The predicted octanol–water partition coefficient (Wildman–Crippen LogP) is -0.120. The third-order valence-corrected chi connectivity index (χ3v) is 1.34. The molecule has 0 amide bonds. The van der Waals surface area contributed by atoms with Crippen LogP contribution >= 0.6 is 0 Å². The van der Waals surface area contributed by atoms with Gasteiger partial charge in [-0.15, -0.1) is 0 Å². The quantitative estimate of drug-likeness (QED) is 0.467. The van der Waals surface area contributed by atoms with Gasteiger partial charge in [0.2, 0.25) is 0 Å². The van der Waals surface area contributed by atoms with Gasteiger partial charge in [-0.1, -0.05) is 29.8 Å². The molecule has 0 aliphatic heterocycles. The first-order valence-corrected chi connectivity index (χ1v) is 3.94. The summed E-state index contributed by atoms with van der Waals surface area (Å²) >= 11 is 0. The molecule has 0 fully saturated rings. The zero-order valence-corrected chi connectivity index (χ0v) is 7.77. The maximum Gasteiger partial charge on any atom is 0.488 e. The smallest absolute Gasteiger partial charge is 0.423 e. The lowest BCUT2D eigenvalue weighted by Crippen LogP contribution is -2.29. The molecule has 0 aromatic heterocycles. The maximum absolute atomic E-state index is 8.81. The molecule has 1 aromatic carbocycles. The Labute approximate surface area is 78.2 Å². The van der Waals surface area contributed by atoms with E-state index in [-0.39, 0.29) is 0 Å². The van der Waals surface area contributed by atoms with E-state index in [2.05, 4.69) is 0 Å². The molecule has 0 saturated heterocycles. The molecule has 0 bridgehead atoms. The van der Waals surface area contributed by atoms with Crippen molar-refractivity contribution < 1.29 is 14.8 Å². The number of rotatable bonds is 1. The molecule has 13 heavy (non-hydrogen) atoms. The number of aldehydes is 1. The van der Waals surface area contributed by atoms with Gasteiger partial charge in [-0.2, -0.15) is 0 Å². The Morgan fingerprint density at radius 1 is 1.38 bits per heavy atom. The number of hydrogen-bond acceptors (Lipinski definition) is 3. The lowest BCUT2D eigenvalue weighted by Gasteiger charge is -1.98. The van der Waals surface area contributed by atoms with E-state index in [0.29, 0.717) is 5.46 Å². The molecule has 0 saturated carbocycles. The van der Waals surface area contributed by atoms with E-state index in [1.807, 2.05) is 13.0 Å². The van der Waals surface area contributed by atoms with Crippen LogP contribution in [0.15, 0.2) is 24.3 Å². The first-order valence-electron chi connectivity index (χ1n) is 3.94. The molecule has 0 unspecified atom stereocenters. The highest BCUT2D eigenvalue weighted by atomic mass is 16.4. The van der Waals surface area contributed by atoms with Gasteiger partial charge in [0.25, 0.3) is 0 Å². The Morgan fingerprint density at radius 2 is 1.92 bits per heavy atom. The Morgan fingerprint density at radius 3 is 2.23 bits per heavy atom. The first-order chi connectivity index (χ1) is 6.11. The Bertz CT molecular complexity index is 261. The van der Waals surface area contributed by atoms with Crippen molar-refractivity contribution >= 4 is 18.9 Å². The Hall–Kier alpha value is -1.13. The molecule has 0 spiro atoms. The summed E-state index contributed by atoms with van der Waals surface area (Å²) in [5.41, 5.74) is 1.57. The van der Waals surface area contributed by atoms with Crippen molar-refractivity contribution in [2.24, 2.45) is 0 Å². The summed E-state index contributed by atoms with van der Waals surface area (Å²) in [6.07, 6.45) is 0.750. The van der Waals surface area contributed by atoms with Crippen molar-refractivity contribution in [3.8, 4) is 0 Å². The highest BCUT2D eigenvalue weighted by molar-refractivity contribution is 6.58. The molecule has 0 heterocycles. The van der Waals surface area contributed by atoms with Crippen molar-refractivity contribution in [3.05, 3.63) is 29.8 Å². The van der Waals surface area contributed by atoms with Crippen LogP contribution in [0.5, 0.6) is 0 Å². The first kappa shape index (κ1) is 11.9. The fraction of sp³-hybridized carbons (Fsp3) is 0.222. The fourth-order valence-electron chi connectivity index (χ4n) is 0.831. The van der Waals surface area contributed by atoms with Crippen LogP contribution in [0.25, 0.3) is 0 Å². The summed E-state index contributed by atoms with van der Waals surface area (Å²) in [5, 5.41) is 17.4. The van der Waals surface area contributed by atoms with Crippen molar-refractivity contribution in [2.45, 2.75) is 13.8 Å². The molecular formula is C9H13BO3. The lowest BCUT2D eigenvalue weighted by atomic mass is 9.80. The van der Waals surface area contributed by atoms with E-state index >= 15 is 0 Å². The van der Waals surface area contributed by atoms with Gasteiger partial charge in [0.1, 0.15) is 6.29 Å². The number of hydrogen-bond donors (Lipinski definition) is 2. The SMILES string of the molecule is CC=O.Cc1cccc(B(O)O)c1. The molecule has 1 rings (SSSR count). The number of carbonyl (C=O) groups excluding carboxylic acids is 1. The second kappa shape index (κ2) is 6.40. The van der Waals surface area contributed by atoms with E-state index in [1.165, 1.54) is 6.92 Å². The van der Waals surface area contributed by atoms with Crippen LogP contribution in [0.1, 0.15) is 12.5 Å². The van der Waals surface area contributed by atoms with Crippen LogP contribution in [-0.4, -0.2) is 23.5 Å². The molecule has 1 aromatic rings. The van der Waals surface area contributed by atoms with Gasteiger partial charge >= 0.3 is 7.12 Å². The molecule has 3 nitrogen and oxygen atoms in total. The molecule has 2 N–H and O–H groups in total.